The number of rotatable bonds is 38. The highest BCUT2D eigenvalue weighted by Crippen LogP contribution is 2.43. The zero-order valence-electron chi connectivity index (χ0n) is 35.0. The van der Waals surface area contributed by atoms with E-state index in [1.165, 1.54) is 51.4 Å². The molecule has 0 aliphatic rings. The van der Waals surface area contributed by atoms with Crippen LogP contribution in [0.4, 0.5) is 0 Å². The first-order valence-corrected chi connectivity index (χ1v) is 22.8. The Hall–Kier alpha value is -2.89. The van der Waals surface area contributed by atoms with Crippen LogP contribution in [-0.4, -0.2) is 71.7 Å². The molecule has 0 spiro atoms. The summed E-state index contributed by atoms with van der Waals surface area (Å²) in [5, 5.41) is 19.9. The number of carbonyl (C=O) groups excluding carboxylic acids is 2. The molecule has 0 aromatic carbocycles. The molecule has 0 rings (SSSR count). The van der Waals surface area contributed by atoms with Gasteiger partial charge in [-0.15, -0.1) is 0 Å². The number of nitrogens with two attached hydrogens (primary N) is 1. The summed E-state index contributed by atoms with van der Waals surface area (Å²) in [6.45, 7) is 3.30. The van der Waals surface area contributed by atoms with Gasteiger partial charge in [0.2, 0.25) is 0 Å². The first kappa shape index (κ1) is 54.1. The van der Waals surface area contributed by atoms with Crippen LogP contribution >= 0.6 is 7.82 Å². The Morgan fingerprint density at radius 3 is 1.81 bits per heavy atom. The normalized spacial score (nSPS) is 15.3. The van der Waals surface area contributed by atoms with Gasteiger partial charge in [0.25, 0.3) is 0 Å². The summed E-state index contributed by atoms with van der Waals surface area (Å²) in [7, 11) is -4.42. The molecular formula is C45H76NO10P. The van der Waals surface area contributed by atoms with Crippen molar-refractivity contribution in [3.63, 3.8) is 0 Å². The van der Waals surface area contributed by atoms with E-state index in [1.54, 1.807) is 36.5 Å². The molecule has 0 aromatic rings. The highest BCUT2D eigenvalue weighted by Gasteiger charge is 2.25. The van der Waals surface area contributed by atoms with Crippen molar-refractivity contribution in [3.05, 3.63) is 85.1 Å². The molecule has 12 heteroatoms. The van der Waals surface area contributed by atoms with Gasteiger partial charge in [-0.25, -0.2) is 4.57 Å². The van der Waals surface area contributed by atoms with E-state index in [4.69, 9.17) is 24.3 Å². The number of carbonyl (C=O) groups is 2. The maximum atomic E-state index is 12.6. The van der Waals surface area contributed by atoms with E-state index >= 15 is 0 Å². The third-order valence-corrected chi connectivity index (χ3v) is 9.43. The number of phosphoric acid groups is 1. The predicted octanol–water partition coefficient (Wildman–Crippen LogP) is 9.99. The highest BCUT2D eigenvalue weighted by atomic mass is 31.2. The minimum Gasteiger partial charge on any atom is -0.462 e. The van der Waals surface area contributed by atoms with E-state index in [1.807, 2.05) is 43.4 Å². The number of hydrogen-bond acceptors (Lipinski definition) is 10. The maximum Gasteiger partial charge on any atom is 0.472 e. The Bertz CT molecular complexity index is 1240. The van der Waals surface area contributed by atoms with Crippen molar-refractivity contribution in [1.82, 2.24) is 0 Å². The fraction of sp³-hybridized carbons (Fsp3) is 0.644. The molecule has 326 valence electrons. The van der Waals surface area contributed by atoms with Gasteiger partial charge in [-0.3, -0.25) is 18.6 Å². The minimum atomic E-state index is -4.42. The molecule has 0 saturated carbocycles. The van der Waals surface area contributed by atoms with Crippen LogP contribution in [0, 0.1) is 0 Å². The van der Waals surface area contributed by atoms with Crippen molar-refractivity contribution >= 4 is 19.8 Å². The number of phosphoric ester groups is 1. The topological polar surface area (TPSA) is 175 Å². The standard InChI is InChI=1S/C45H76NO10P/c1-3-5-7-8-9-10-11-12-13-14-15-16-17-22-30-36-45(50)56-43(40-55-57(51,52)54-38-37-46)39-53-44(49)35-29-21-19-18-20-26-32-42(48)34-28-24-23-27-33-41(47)31-25-6-4-2/h6,10-11,19-21,23-28,33-34,41-43,47-48H,3-5,7-9,12-18,22,29-32,35-40,46H2,1-2H3,(H,51,52)/b11-10-,21-19-,24-23-,25-6-,26-20-,33-27+,34-28+/t41-,42+,43-/m1/s1. The number of aliphatic hydroxyl groups excluding tert-OH is 2. The number of esters is 2. The van der Waals surface area contributed by atoms with Crippen molar-refractivity contribution in [2.45, 2.75) is 161 Å². The molecule has 0 aromatic heterocycles. The van der Waals surface area contributed by atoms with Gasteiger partial charge in [-0.05, 0) is 64.2 Å². The first-order chi connectivity index (χ1) is 27.6. The number of unbranched alkanes of at least 4 members (excludes halogenated alkanes) is 11. The molecule has 5 N–H and O–H groups in total. The molecule has 0 saturated heterocycles. The molecule has 4 atom stereocenters. The molecule has 0 heterocycles. The van der Waals surface area contributed by atoms with Gasteiger partial charge in [0.05, 0.1) is 25.4 Å². The number of ether oxygens (including phenoxy) is 2. The van der Waals surface area contributed by atoms with Crippen molar-refractivity contribution in [2.24, 2.45) is 5.73 Å². The second kappa shape index (κ2) is 39.9. The number of allylic oxidation sites excluding steroid dienone is 10. The smallest absolute Gasteiger partial charge is 0.462 e. The summed E-state index contributed by atoms with van der Waals surface area (Å²) in [5.74, 6) is -1.01. The van der Waals surface area contributed by atoms with Crippen molar-refractivity contribution in [1.29, 1.82) is 0 Å². The summed E-state index contributed by atoms with van der Waals surface area (Å²) in [6.07, 6.45) is 42.6. The molecule has 1 unspecified atom stereocenters. The number of hydrogen-bond donors (Lipinski definition) is 4. The third kappa shape index (κ3) is 39.7. The summed E-state index contributed by atoms with van der Waals surface area (Å²) in [4.78, 5) is 34.8. The van der Waals surface area contributed by atoms with E-state index < -0.39 is 44.7 Å². The summed E-state index contributed by atoms with van der Waals surface area (Å²) in [6, 6.07) is 0. The fourth-order valence-corrected chi connectivity index (χ4v) is 6.01. The van der Waals surface area contributed by atoms with Crippen molar-refractivity contribution < 1.29 is 47.8 Å². The molecule has 0 aliphatic carbocycles. The second-order valence-corrected chi connectivity index (χ2v) is 15.3. The molecular weight excluding hydrogens is 745 g/mol. The lowest BCUT2D eigenvalue weighted by atomic mass is 10.1. The van der Waals surface area contributed by atoms with E-state index in [2.05, 4.69) is 19.1 Å². The average molecular weight is 822 g/mol. The average Bonchev–Trinajstić information content (AvgIpc) is 3.19. The lowest BCUT2D eigenvalue weighted by molar-refractivity contribution is -0.161. The molecule has 57 heavy (non-hydrogen) atoms. The minimum absolute atomic E-state index is 0.0224. The second-order valence-electron chi connectivity index (χ2n) is 13.9. The lowest BCUT2D eigenvalue weighted by Gasteiger charge is -2.19. The van der Waals surface area contributed by atoms with Crippen LogP contribution < -0.4 is 5.73 Å². The van der Waals surface area contributed by atoms with Crippen molar-refractivity contribution in [2.75, 3.05) is 26.4 Å². The van der Waals surface area contributed by atoms with E-state index in [0.717, 1.165) is 32.1 Å². The number of aliphatic hydroxyl groups is 2. The maximum absolute atomic E-state index is 12.6. The van der Waals surface area contributed by atoms with E-state index in [0.29, 0.717) is 32.1 Å². The van der Waals surface area contributed by atoms with Crippen LogP contribution in [-0.2, 0) is 32.7 Å². The largest absolute Gasteiger partial charge is 0.472 e. The van der Waals surface area contributed by atoms with Gasteiger partial charge >= 0.3 is 19.8 Å². The molecule has 0 aliphatic heterocycles. The van der Waals surface area contributed by atoms with Gasteiger partial charge in [-0.2, -0.15) is 0 Å². The summed E-state index contributed by atoms with van der Waals surface area (Å²) in [5.41, 5.74) is 5.33. The molecule has 0 fully saturated rings. The van der Waals surface area contributed by atoms with Crippen LogP contribution in [0.15, 0.2) is 85.1 Å². The van der Waals surface area contributed by atoms with Gasteiger partial charge in [-0.1, -0.05) is 150 Å². The molecule has 0 radical (unpaired) electrons. The third-order valence-electron chi connectivity index (χ3n) is 8.44. The Balaban J connectivity index is 4.43. The quantitative estimate of drug-likeness (QED) is 0.0153. The monoisotopic (exact) mass is 822 g/mol. The summed E-state index contributed by atoms with van der Waals surface area (Å²) < 4.78 is 32.6. The zero-order chi connectivity index (χ0) is 42.1. The van der Waals surface area contributed by atoms with Crippen LogP contribution in [0.3, 0.4) is 0 Å². The predicted molar refractivity (Wildman–Crippen MR) is 231 cm³/mol. The van der Waals surface area contributed by atoms with Gasteiger partial charge in [0.15, 0.2) is 6.10 Å². The van der Waals surface area contributed by atoms with Gasteiger partial charge in [0.1, 0.15) is 6.61 Å². The molecule has 0 bridgehead atoms. The Morgan fingerprint density at radius 1 is 0.632 bits per heavy atom. The molecule has 11 nitrogen and oxygen atoms in total. The SMILES string of the molecule is CC/C=C\C[C@@H](O)/C=C/C=C\C=C\[C@@H](O)C/C=C\C/C=C\CCC(=O)OC[C@H](COP(=O)(O)OCCN)OC(=O)CCCCCCCCC/C=C\CCCCCC. The molecule has 0 amide bonds. The van der Waals surface area contributed by atoms with Crippen LogP contribution in [0.25, 0.3) is 0 Å². The van der Waals surface area contributed by atoms with Crippen molar-refractivity contribution in [3.8, 4) is 0 Å². The zero-order valence-corrected chi connectivity index (χ0v) is 35.9. The van der Waals surface area contributed by atoms with E-state index in [9.17, 15) is 29.3 Å². The van der Waals surface area contributed by atoms with Gasteiger partial charge in [0, 0.05) is 19.4 Å². The Morgan fingerprint density at radius 2 is 1.19 bits per heavy atom. The van der Waals surface area contributed by atoms with Crippen LogP contribution in [0.5, 0.6) is 0 Å². The first-order valence-electron chi connectivity index (χ1n) is 21.3. The van der Waals surface area contributed by atoms with Crippen LogP contribution in [0.1, 0.15) is 142 Å². The van der Waals surface area contributed by atoms with Gasteiger partial charge < -0.3 is 30.3 Å². The lowest BCUT2D eigenvalue weighted by Crippen LogP contribution is -2.29. The van der Waals surface area contributed by atoms with Crippen LogP contribution in [0.2, 0.25) is 0 Å². The summed E-state index contributed by atoms with van der Waals surface area (Å²) >= 11 is 0. The highest BCUT2D eigenvalue weighted by molar-refractivity contribution is 7.47. The fourth-order valence-electron chi connectivity index (χ4n) is 5.24. The van der Waals surface area contributed by atoms with E-state index in [-0.39, 0.29) is 32.6 Å². The Kier molecular flexibility index (Phi) is 37.9. The Labute approximate surface area is 344 Å².